The van der Waals surface area contributed by atoms with E-state index in [4.69, 9.17) is 9.84 Å². The second kappa shape index (κ2) is 5.70. The maximum atomic E-state index is 10.5. The van der Waals surface area contributed by atoms with Gasteiger partial charge in [-0.15, -0.1) is 0 Å². The Hall–Kier alpha value is -1.10. The van der Waals surface area contributed by atoms with Gasteiger partial charge in [-0.05, 0) is 19.8 Å². The molecule has 0 unspecified atom stereocenters. The van der Waals surface area contributed by atoms with E-state index in [1.54, 1.807) is 14.0 Å². The molecule has 0 radical (unpaired) electrons. The predicted octanol–water partition coefficient (Wildman–Crippen LogP) is 0.948. The largest absolute Gasteiger partial charge is 0.481 e. The molecular weight excluding hydrogens is 196 g/mol. The van der Waals surface area contributed by atoms with Crippen LogP contribution >= 0.6 is 0 Å². The number of methoxy groups -OCH3 is 1. The van der Waals surface area contributed by atoms with Gasteiger partial charge in [0.1, 0.15) is 0 Å². The van der Waals surface area contributed by atoms with E-state index < -0.39 is 5.97 Å². The van der Waals surface area contributed by atoms with Gasteiger partial charge in [-0.2, -0.15) is 5.10 Å². The van der Waals surface area contributed by atoms with Gasteiger partial charge in [0.05, 0.1) is 19.1 Å². The first-order chi connectivity index (χ1) is 7.13. The van der Waals surface area contributed by atoms with Crippen LogP contribution in [0.25, 0.3) is 0 Å². The summed E-state index contributed by atoms with van der Waals surface area (Å²) in [6.07, 6.45) is 2.17. The lowest BCUT2D eigenvalue weighted by molar-refractivity contribution is -0.135. The van der Waals surface area contributed by atoms with Crippen molar-refractivity contribution in [3.8, 4) is 0 Å². The van der Waals surface area contributed by atoms with Crippen LogP contribution in [0.1, 0.15) is 26.2 Å². The van der Waals surface area contributed by atoms with E-state index in [9.17, 15) is 4.79 Å². The highest BCUT2D eigenvalue weighted by molar-refractivity contribution is 5.96. The minimum Gasteiger partial charge on any atom is -0.481 e. The molecule has 1 heterocycles. The molecule has 0 aliphatic carbocycles. The summed E-state index contributed by atoms with van der Waals surface area (Å²) in [5.41, 5.74) is 0.644. The lowest BCUT2D eigenvalue weighted by Crippen LogP contribution is -2.29. The van der Waals surface area contributed by atoms with E-state index in [1.165, 1.54) is 0 Å². The summed E-state index contributed by atoms with van der Waals surface area (Å²) in [5.74, 6) is -0.835. The third kappa shape index (κ3) is 3.87. The molecule has 5 heteroatoms. The second-order valence-electron chi connectivity index (χ2n) is 3.82. The summed E-state index contributed by atoms with van der Waals surface area (Å²) in [4.78, 5) is 10.5. The Morgan fingerprint density at radius 2 is 2.40 bits per heavy atom. The fourth-order valence-electron chi connectivity index (χ4n) is 1.79. The van der Waals surface area contributed by atoms with Gasteiger partial charge in [0, 0.05) is 19.4 Å². The highest BCUT2D eigenvalue weighted by atomic mass is 16.5. The molecule has 0 spiro atoms. The van der Waals surface area contributed by atoms with Crippen LogP contribution in [-0.2, 0) is 9.53 Å². The maximum Gasteiger partial charge on any atom is 0.309 e. The van der Waals surface area contributed by atoms with Gasteiger partial charge in [0.15, 0.2) is 0 Å². The first kappa shape index (κ1) is 12.0. The molecule has 0 bridgehead atoms. The van der Waals surface area contributed by atoms with Gasteiger partial charge in [0.25, 0.3) is 0 Å². The number of nitrogens with zero attached hydrogens (tertiary/aromatic N) is 2. The SMILES string of the molecule is COC[C@H]1CCCN1N=C(C)CC(=O)O. The molecule has 1 rings (SSSR count). The van der Waals surface area contributed by atoms with Crippen molar-refractivity contribution in [1.29, 1.82) is 0 Å². The topological polar surface area (TPSA) is 62.1 Å². The highest BCUT2D eigenvalue weighted by Gasteiger charge is 2.23. The fourth-order valence-corrected chi connectivity index (χ4v) is 1.79. The molecule has 1 fully saturated rings. The van der Waals surface area contributed by atoms with Crippen molar-refractivity contribution in [3.63, 3.8) is 0 Å². The van der Waals surface area contributed by atoms with Gasteiger partial charge in [-0.1, -0.05) is 0 Å². The van der Waals surface area contributed by atoms with Crippen molar-refractivity contribution in [3.05, 3.63) is 0 Å². The first-order valence-corrected chi connectivity index (χ1v) is 5.15. The first-order valence-electron chi connectivity index (χ1n) is 5.15. The van der Waals surface area contributed by atoms with Crippen LogP contribution in [-0.4, -0.2) is 48.1 Å². The number of hydrogen-bond donors (Lipinski definition) is 1. The number of hydrazone groups is 1. The van der Waals surface area contributed by atoms with Crippen LogP contribution in [0.3, 0.4) is 0 Å². The molecule has 5 nitrogen and oxygen atoms in total. The lowest BCUT2D eigenvalue weighted by Gasteiger charge is -2.21. The average Bonchev–Trinajstić information content (AvgIpc) is 2.52. The number of hydrogen-bond acceptors (Lipinski definition) is 4. The molecule has 0 aromatic carbocycles. The second-order valence-corrected chi connectivity index (χ2v) is 3.82. The van der Waals surface area contributed by atoms with Crippen LogP contribution in [0.5, 0.6) is 0 Å². The molecule has 86 valence electrons. The Morgan fingerprint density at radius 1 is 1.67 bits per heavy atom. The van der Waals surface area contributed by atoms with E-state index in [2.05, 4.69) is 5.10 Å². The molecule has 1 saturated heterocycles. The third-order valence-corrected chi connectivity index (χ3v) is 2.41. The van der Waals surface area contributed by atoms with Crippen LogP contribution in [0.2, 0.25) is 0 Å². The zero-order valence-corrected chi connectivity index (χ0v) is 9.27. The number of carboxylic acids is 1. The standard InChI is InChI=1S/C10H18N2O3/c1-8(6-10(13)14)11-12-5-3-4-9(12)7-15-2/h9H,3-7H2,1-2H3,(H,13,14)/t9-/m1/s1. The molecule has 0 amide bonds. The summed E-state index contributed by atoms with van der Waals surface area (Å²) in [6.45, 7) is 3.30. The van der Waals surface area contributed by atoms with Gasteiger partial charge >= 0.3 is 5.97 Å². The van der Waals surface area contributed by atoms with Gasteiger partial charge in [0.2, 0.25) is 0 Å². The zero-order valence-electron chi connectivity index (χ0n) is 9.27. The lowest BCUT2D eigenvalue weighted by atomic mass is 10.2. The number of ether oxygens (including phenoxy) is 1. The smallest absolute Gasteiger partial charge is 0.309 e. The van der Waals surface area contributed by atoms with Crippen molar-refractivity contribution >= 4 is 11.7 Å². The number of aliphatic carboxylic acids is 1. The molecule has 0 aromatic rings. The molecule has 1 aliphatic rings. The molecule has 1 N–H and O–H groups in total. The minimum atomic E-state index is -0.835. The minimum absolute atomic E-state index is 0.0101. The molecule has 0 saturated carbocycles. The van der Waals surface area contributed by atoms with E-state index in [0.29, 0.717) is 18.4 Å². The van der Waals surface area contributed by atoms with E-state index in [0.717, 1.165) is 19.4 Å². The van der Waals surface area contributed by atoms with Crippen LogP contribution < -0.4 is 0 Å². The van der Waals surface area contributed by atoms with Crippen molar-refractivity contribution in [2.45, 2.75) is 32.2 Å². The number of carboxylic acid groups (broad SMARTS) is 1. The Balaban J connectivity index is 2.51. The summed E-state index contributed by atoms with van der Waals surface area (Å²) < 4.78 is 5.09. The Labute approximate surface area is 89.7 Å². The Kier molecular flexibility index (Phi) is 4.55. The summed E-state index contributed by atoms with van der Waals surface area (Å²) in [5, 5.41) is 14.9. The van der Waals surface area contributed by atoms with E-state index >= 15 is 0 Å². The van der Waals surface area contributed by atoms with E-state index in [-0.39, 0.29) is 6.42 Å². The van der Waals surface area contributed by atoms with Crippen molar-refractivity contribution < 1.29 is 14.6 Å². The van der Waals surface area contributed by atoms with Gasteiger partial charge in [-0.25, -0.2) is 0 Å². The zero-order chi connectivity index (χ0) is 11.3. The third-order valence-electron chi connectivity index (χ3n) is 2.41. The summed E-state index contributed by atoms with van der Waals surface area (Å²) in [6, 6.07) is 0.304. The van der Waals surface area contributed by atoms with E-state index in [1.807, 2.05) is 5.01 Å². The molecule has 1 atom stereocenters. The van der Waals surface area contributed by atoms with Gasteiger partial charge < -0.3 is 9.84 Å². The predicted molar refractivity (Wildman–Crippen MR) is 57.0 cm³/mol. The molecule has 0 aromatic heterocycles. The average molecular weight is 214 g/mol. The van der Waals surface area contributed by atoms with Crippen LogP contribution in [0, 0.1) is 0 Å². The number of carbonyl (C=O) groups is 1. The Morgan fingerprint density at radius 3 is 3.00 bits per heavy atom. The van der Waals surface area contributed by atoms with Crippen molar-refractivity contribution in [1.82, 2.24) is 5.01 Å². The van der Waals surface area contributed by atoms with Crippen LogP contribution in [0.15, 0.2) is 5.10 Å². The molecular formula is C10H18N2O3. The summed E-state index contributed by atoms with van der Waals surface area (Å²) in [7, 11) is 1.67. The highest BCUT2D eigenvalue weighted by Crippen LogP contribution is 2.17. The maximum absolute atomic E-state index is 10.5. The number of rotatable bonds is 5. The fraction of sp³-hybridized carbons (Fsp3) is 0.800. The van der Waals surface area contributed by atoms with Crippen molar-refractivity contribution in [2.24, 2.45) is 5.10 Å². The molecule has 1 aliphatic heterocycles. The van der Waals surface area contributed by atoms with Crippen molar-refractivity contribution in [2.75, 3.05) is 20.3 Å². The quantitative estimate of drug-likeness (QED) is 0.692. The monoisotopic (exact) mass is 214 g/mol. The Bertz CT molecular complexity index is 253. The van der Waals surface area contributed by atoms with Gasteiger partial charge in [-0.3, -0.25) is 9.80 Å². The molecule has 15 heavy (non-hydrogen) atoms. The summed E-state index contributed by atoms with van der Waals surface area (Å²) >= 11 is 0. The van der Waals surface area contributed by atoms with Crippen LogP contribution in [0.4, 0.5) is 0 Å². The normalized spacial score (nSPS) is 22.1.